The van der Waals surface area contributed by atoms with Gasteiger partial charge in [-0.3, -0.25) is 9.78 Å². The Bertz CT molecular complexity index is 537. The summed E-state index contributed by atoms with van der Waals surface area (Å²) >= 11 is 0. The van der Waals surface area contributed by atoms with Gasteiger partial charge in [-0.2, -0.15) is 0 Å². The number of carboxylic acid groups (broad SMARTS) is 1. The molecule has 0 spiro atoms. The minimum absolute atomic E-state index is 0.155. The van der Waals surface area contributed by atoms with Gasteiger partial charge < -0.3 is 9.52 Å². The number of nitrogens with one attached hydrogen (secondary N) is 1. The third-order valence-electron chi connectivity index (χ3n) is 1.87. The standard InChI is InChI=1S/C9H7NO4/c11-7(12)4-5-2-1-3-6-8(5)14-9(13)10-6/h1-3H,4H2,(H,10,13)(H,11,12). The Balaban J connectivity index is 2.64. The van der Waals surface area contributed by atoms with E-state index < -0.39 is 11.7 Å². The lowest BCUT2D eigenvalue weighted by Crippen LogP contribution is -1.99. The first-order chi connectivity index (χ1) is 6.66. The Hall–Kier alpha value is -2.04. The fourth-order valence-electron chi connectivity index (χ4n) is 1.33. The number of aromatic amines is 1. The number of fused-ring (bicyclic) bond motifs is 1. The molecule has 2 rings (SSSR count). The molecule has 0 saturated carbocycles. The lowest BCUT2D eigenvalue weighted by molar-refractivity contribution is -0.136. The smallest absolute Gasteiger partial charge is 0.417 e. The summed E-state index contributed by atoms with van der Waals surface area (Å²) in [5.74, 6) is -1.53. The average Bonchev–Trinajstić information content (AvgIpc) is 2.45. The van der Waals surface area contributed by atoms with Crippen molar-refractivity contribution in [3.63, 3.8) is 0 Å². The van der Waals surface area contributed by atoms with Crippen LogP contribution in [0.5, 0.6) is 0 Å². The van der Waals surface area contributed by atoms with E-state index in [9.17, 15) is 9.59 Å². The fourth-order valence-corrected chi connectivity index (χ4v) is 1.33. The van der Waals surface area contributed by atoms with E-state index in [1.807, 2.05) is 0 Å². The van der Waals surface area contributed by atoms with Crippen LogP contribution < -0.4 is 5.76 Å². The van der Waals surface area contributed by atoms with E-state index in [1.54, 1.807) is 18.2 Å². The molecule has 0 fully saturated rings. The molecule has 0 atom stereocenters. The Morgan fingerprint density at radius 2 is 2.29 bits per heavy atom. The molecule has 14 heavy (non-hydrogen) atoms. The largest absolute Gasteiger partial charge is 0.481 e. The van der Waals surface area contributed by atoms with Crippen LogP contribution in [0.4, 0.5) is 0 Å². The minimum atomic E-state index is -0.957. The molecule has 5 nitrogen and oxygen atoms in total. The van der Waals surface area contributed by atoms with Crippen LogP contribution in [-0.4, -0.2) is 16.1 Å². The number of oxazole rings is 1. The number of rotatable bonds is 2. The SMILES string of the molecule is O=C(O)Cc1cccc2[nH]c(=O)oc12. The molecule has 1 aromatic heterocycles. The van der Waals surface area contributed by atoms with Crippen LogP contribution in [0.2, 0.25) is 0 Å². The number of carboxylic acids is 1. The molecule has 1 heterocycles. The molecule has 0 aliphatic rings. The molecule has 2 aromatic rings. The number of H-pyrrole nitrogens is 1. The van der Waals surface area contributed by atoms with E-state index in [-0.39, 0.29) is 6.42 Å². The van der Waals surface area contributed by atoms with Crippen LogP contribution in [-0.2, 0) is 11.2 Å². The summed E-state index contributed by atoms with van der Waals surface area (Å²) in [7, 11) is 0. The summed E-state index contributed by atoms with van der Waals surface area (Å²) in [5, 5.41) is 8.60. The number of para-hydroxylation sites is 1. The number of benzene rings is 1. The number of hydrogen-bond donors (Lipinski definition) is 2. The normalized spacial score (nSPS) is 10.6. The van der Waals surface area contributed by atoms with E-state index in [2.05, 4.69) is 4.98 Å². The molecule has 0 amide bonds. The van der Waals surface area contributed by atoms with Gasteiger partial charge in [0.25, 0.3) is 0 Å². The zero-order valence-electron chi connectivity index (χ0n) is 7.11. The number of aliphatic carboxylic acids is 1. The molecular weight excluding hydrogens is 186 g/mol. The number of hydrogen-bond acceptors (Lipinski definition) is 3. The Morgan fingerprint density at radius 3 is 3.00 bits per heavy atom. The average molecular weight is 193 g/mol. The second-order valence-corrected chi connectivity index (χ2v) is 2.88. The molecule has 0 unspecified atom stereocenters. The van der Waals surface area contributed by atoms with Crippen molar-refractivity contribution < 1.29 is 14.3 Å². The van der Waals surface area contributed by atoms with Gasteiger partial charge in [0.15, 0.2) is 5.58 Å². The zero-order valence-corrected chi connectivity index (χ0v) is 7.11. The Labute approximate surface area is 78.0 Å². The van der Waals surface area contributed by atoms with E-state index in [4.69, 9.17) is 9.52 Å². The van der Waals surface area contributed by atoms with Crippen LogP contribution in [0.15, 0.2) is 27.4 Å². The maximum Gasteiger partial charge on any atom is 0.417 e. The van der Waals surface area contributed by atoms with Gasteiger partial charge in [-0.15, -0.1) is 0 Å². The van der Waals surface area contributed by atoms with Crippen molar-refractivity contribution in [3.8, 4) is 0 Å². The highest BCUT2D eigenvalue weighted by Gasteiger charge is 2.09. The first kappa shape index (κ1) is 8.55. The molecule has 0 saturated heterocycles. The van der Waals surface area contributed by atoms with E-state index in [0.717, 1.165) is 0 Å². The van der Waals surface area contributed by atoms with Gasteiger partial charge in [-0.1, -0.05) is 12.1 Å². The summed E-state index contributed by atoms with van der Waals surface area (Å²) in [6, 6.07) is 4.95. The topological polar surface area (TPSA) is 83.3 Å². The first-order valence-corrected chi connectivity index (χ1v) is 3.99. The number of aromatic nitrogens is 1. The van der Waals surface area contributed by atoms with Gasteiger partial charge >= 0.3 is 11.7 Å². The molecule has 2 N–H and O–H groups in total. The maximum atomic E-state index is 10.9. The van der Waals surface area contributed by atoms with Crippen LogP contribution >= 0.6 is 0 Å². The summed E-state index contributed by atoms with van der Waals surface area (Å²) in [4.78, 5) is 23.8. The molecule has 5 heteroatoms. The van der Waals surface area contributed by atoms with Gasteiger partial charge in [0, 0.05) is 5.56 Å². The summed E-state index contributed by atoms with van der Waals surface area (Å²) in [5.41, 5.74) is 1.34. The van der Waals surface area contributed by atoms with Crippen LogP contribution in [0, 0.1) is 0 Å². The third kappa shape index (κ3) is 1.39. The predicted molar refractivity (Wildman–Crippen MR) is 48.2 cm³/mol. The molecule has 1 aromatic carbocycles. The Kier molecular flexibility index (Phi) is 1.85. The van der Waals surface area contributed by atoms with Crippen LogP contribution in [0.25, 0.3) is 11.1 Å². The van der Waals surface area contributed by atoms with Crippen molar-refractivity contribution in [1.82, 2.24) is 4.98 Å². The van der Waals surface area contributed by atoms with Crippen molar-refractivity contribution in [1.29, 1.82) is 0 Å². The van der Waals surface area contributed by atoms with Crippen molar-refractivity contribution >= 4 is 17.1 Å². The summed E-state index contributed by atoms with van der Waals surface area (Å²) < 4.78 is 4.83. The van der Waals surface area contributed by atoms with E-state index in [1.165, 1.54) is 0 Å². The maximum absolute atomic E-state index is 10.9. The van der Waals surface area contributed by atoms with Crippen LogP contribution in [0.1, 0.15) is 5.56 Å². The van der Waals surface area contributed by atoms with Crippen molar-refractivity contribution in [3.05, 3.63) is 34.3 Å². The molecule has 72 valence electrons. The summed E-state index contributed by atoms with van der Waals surface area (Å²) in [6.45, 7) is 0. The van der Waals surface area contributed by atoms with Crippen molar-refractivity contribution in [2.45, 2.75) is 6.42 Å². The quantitative estimate of drug-likeness (QED) is 0.737. The van der Waals surface area contributed by atoms with Crippen molar-refractivity contribution in [2.24, 2.45) is 0 Å². The second kappa shape index (κ2) is 3.02. The Morgan fingerprint density at radius 1 is 1.50 bits per heavy atom. The zero-order chi connectivity index (χ0) is 10.1. The molecule has 0 aliphatic carbocycles. The number of carbonyl (C=O) groups is 1. The molecule has 0 aliphatic heterocycles. The van der Waals surface area contributed by atoms with Gasteiger partial charge in [0.2, 0.25) is 0 Å². The lowest BCUT2D eigenvalue weighted by Gasteiger charge is -1.95. The fraction of sp³-hybridized carbons (Fsp3) is 0.111. The molecular formula is C9H7NO4. The minimum Gasteiger partial charge on any atom is -0.481 e. The highest BCUT2D eigenvalue weighted by molar-refractivity contribution is 5.81. The predicted octanol–water partition coefficient (Wildman–Crippen LogP) is 0.748. The van der Waals surface area contributed by atoms with E-state index in [0.29, 0.717) is 16.7 Å². The van der Waals surface area contributed by atoms with Crippen LogP contribution in [0.3, 0.4) is 0 Å². The summed E-state index contributed by atoms with van der Waals surface area (Å²) in [6.07, 6.45) is -0.155. The van der Waals surface area contributed by atoms with Gasteiger partial charge in [0.05, 0.1) is 11.9 Å². The van der Waals surface area contributed by atoms with Gasteiger partial charge in [0.1, 0.15) is 0 Å². The highest BCUT2D eigenvalue weighted by Crippen LogP contribution is 2.15. The molecule has 0 bridgehead atoms. The van der Waals surface area contributed by atoms with Crippen molar-refractivity contribution in [2.75, 3.05) is 0 Å². The third-order valence-corrected chi connectivity index (χ3v) is 1.87. The van der Waals surface area contributed by atoms with Gasteiger partial charge in [-0.05, 0) is 6.07 Å². The molecule has 0 radical (unpaired) electrons. The lowest BCUT2D eigenvalue weighted by atomic mass is 10.1. The van der Waals surface area contributed by atoms with E-state index >= 15 is 0 Å². The van der Waals surface area contributed by atoms with Gasteiger partial charge in [-0.25, -0.2) is 4.79 Å². The second-order valence-electron chi connectivity index (χ2n) is 2.88. The first-order valence-electron chi connectivity index (χ1n) is 3.99. The monoisotopic (exact) mass is 193 g/mol. The highest BCUT2D eigenvalue weighted by atomic mass is 16.4.